The van der Waals surface area contributed by atoms with E-state index in [4.69, 9.17) is 33.8 Å². The zero-order valence-corrected chi connectivity index (χ0v) is 38.6. The van der Waals surface area contributed by atoms with Gasteiger partial charge in [0.15, 0.2) is 0 Å². The lowest BCUT2D eigenvalue weighted by atomic mass is 9.82. The zero-order valence-electron chi connectivity index (χ0n) is 37.8. The van der Waals surface area contributed by atoms with E-state index in [0.717, 1.165) is 70.1 Å². The van der Waals surface area contributed by atoms with Gasteiger partial charge in [0, 0.05) is 34.5 Å². The Hall–Kier alpha value is -4.82. The largest absolute Gasteiger partial charge is 0.493 e. The van der Waals surface area contributed by atoms with Crippen LogP contribution in [0.3, 0.4) is 0 Å². The van der Waals surface area contributed by atoms with Gasteiger partial charge in [-0.15, -0.1) is 0 Å². The van der Waals surface area contributed by atoms with E-state index in [2.05, 4.69) is 55.0 Å². The molecule has 3 N–H and O–H groups in total. The summed E-state index contributed by atoms with van der Waals surface area (Å²) >= 11 is 1.88. The number of hydrogen-bond donors (Lipinski definition) is 3. The van der Waals surface area contributed by atoms with Crippen LogP contribution in [0.15, 0.2) is 72.7 Å². The van der Waals surface area contributed by atoms with E-state index in [-0.39, 0.29) is 37.0 Å². The molecule has 2 aromatic carbocycles. The fourth-order valence-corrected chi connectivity index (χ4v) is 8.78. The predicted octanol–water partition coefficient (Wildman–Crippen LogP) is 9.82. The SMILES string of the molecule is C=CC(=O)OCCCCOC(=O)C1CCC(COc2ccc(OCC3CCC(C(=O)OCCCCOC(=O)C=C)CC3)c(C=N)c2)CC1.CCCCCCNC1Nc2ccccc2S1. The third kappa shape index (κ3) is 19.5. The molecule has 2 aromatic rings. The van der Waals surface area contributed by atoms with Crippen LogP contribution in [-0.2, 0) is 38.1 Å². The van der Waals surface area contributed by atoms with Gasteiger partial charge in [0.2, 0.25) is 0 Å². The van der Waals surface area contributed by atoms with Gasteiger partial charge >= 0.3 is 23.9 Å². The van der Waals surface area contributed by atoms with Crippen LogP contribution in [0, 0.1) is 29.1 Å². The number of ether oxygens (including phenoxy) is 6. The summed E-state index contributed by atoms with van der Waals surface area (Å²) in [5.74, 6) is 0.560. The maximum atomic E-state index is 12.4. The van der Waals surface area contributed by atoms with Crippen LogP contribution in [-0.4, -0.2) is 81.8 Å². The van der Waals surface area contributed by atoms with E-state index in [0.29, 0.717) is 86.5 Å². The highest BCUT2D eigenvalue weighted by atomic mass is 32.2. The summed E-state index contributed by atoms with van der Waals surface area (Å²) in [6, 6.07) is 14.0. The van der Waals surface area contributed by atoms with E-state index in [1.54, 1.807) is 0 Å². The van der Waals surface area contributed by atoms with Crippen LogP contribution in [0.5, 0.6) is 11.5 Å². The number of para-hydroxylation sites is 1. The highest BCUT2D eigenvalue weighted by molar-refractivity contribution is 8.00. The average molecular weight is 906 g/mol. The molecule has 0 amide bonds. The lowest BCUT2D eigenvalue weighted by Crippen LogP contribution is -2.31. The number of carbonyl (C=O) groups excluding carboxylic acids is 4. The molecule has 1 unspecified atom stereocenters. The number of benzene rings is 2. The molecule has 2 fully saturated rings. The number of anilines is 1. The van der Waals surface area contributed by atoms with Crippen molar-refractivity contribution in [3.05, 3.63) is 73.3 Å². The zero-order chi connectivity index (χ0) is 45.8. The smallest absolute Gasteiger partial charge is 0.330 e. The Morgan fingerprint density at radius 3 is 1.78 bits per heavy atom. The minimum atomic E-state index is -0.450. The minimum absolute atomic E-state index is 0.0945. The van der Waals surface area contributed by atoms with E-state index in [1.165, 1.54) is 42.5 Å². The van der Waals surface area contributed by atoms with Crippen molar-refractivity contribution in [2.24, 2.45) is 23.7 Å². The first-order valence-electron chi connectivity index (χ1n) is 23.3. The number of esters is 4. The maximum Gasteiger partial charge on any atom is 0.330 e. The minimum Gasteiger partial charge on any atom is -0.493 e. The van der Waals surface area contributed by atoms with Crippen molar-refractivity contribution in [2.75, 3.05) is 51.5 Å². The maximum absolute atomic E-state index is 12.4. The molecule has 0 aromatic heterocycles. The fourth-order valence-electron chi connectivity index (χ4n) is 7.73. The number of rotatable bonds is 27. The van der Waals surface area contributed by atoms with Gasteiger partial charge in [0.05, 0.1) is 51.5 Å². The summed E-state index contributed by atoms with van der Waals surface area (Å²) in [5.41, 5.74) is 2.27. The molecule has 13 nitrogen and oxygen atoms in total. The van der Waals surface area contributed by atoms with Gasteiger partial charge in [-0.05, 0) is 132 Å². The number of thioether (sulfide) groups is 1. The molecule has 2 saturated carbocycles. The van der Waals surface area contributed by atoms with Crippen molar-refractivity contribution in [1.82, 2.24) is 5.32 Å². The topological polar surface area (TPSA) is 172 Å². The second-order valence-corrected chi connectivity index (χ2v) is 17.7. The van der Waals surface area contributed by atoms with E-state index in [1.807, 2.05) is 30.0 Å². The molecular formula is C50H71N3O10S. The number of unbranched alkanes of at least 4 members (excludes halogenated alkanes) is 5. The van der Waals surface area contributed by atoms with E-state index >= 15 is 0 Å². The quantitative estimate of drug-likeness (QED) is 0.0255. The summed E-state index contributed by atoms with van der Waals surface area (Å²) in [6.07, 6.45) is 17.9. The lowest BCUT2D eigenvalue weighted by Gasteiger charge is -2.28. The van der Waals surface area contributed by atoms with Gasteiger partial charge < -0.3 is 39.1 Å². The third-order valence-corrected chi connectivity index (χ3v) is 12.8. The second kappa shape index (κ2) is 30.3. The monoisotopic (exact) mass is 905 g/mol. The number of hydrogen-bond acceptors (Lipinski definition) is 14. The molecule has 14 heteroatoms. The molecular weight excluding hydrogens is 835 g/mol. The summed E-state index contributed by atoms with van der Waals surface area (Å²) in [5, 5.41) is 14.9. The number of carbonyl (C=O) groups is 4. The van der Waals surface area contributed by atoms with Gasteiger partial charge in [0.25, 0.3) is 0 Å². The van der Waals surface area contributed by atoms with Gasteiger partial charge in [-0.1, -0.05) is 63.2 Å². The van der Waals surface area contributed by atoms with E-state index in [9.17, 15) is 19.2 Å². The first-order chi connectivity index (χ1) is 31.2. The van der Waals surface area contributed by atoms with Gasteiger partial charge in [-0.2, -0.15) is 0 Å². The molecule has 0 bridgehead atoms. The summed E-state index contributed by atoms with van der Waals surface area (Å²) < 4.78 is 32.9. The highest BCUT2D eigenvalue weighted by Gasteiger charge is 2.29. The van der Waals surface area contributed by atoms with E-state index < -0.39 is 11.9 Å². The molecule has 0 radical (unpaired) electrons. The molecule has 64 heavy (non-hydrogen) atoms. The molecule has 1 aliphatic heterocycles. The number of fused-ring (bicyclic) bond motifs is 1. The third-order valence-electron chi connectivity index (χ3n) is 11.6. The van der Waals surface area contributed by atoms with Gasteiger partial charge in [-0.3, -0.25) is 14.9 Å². The Labute approximate surface area is 384 Å². The molecule has 352 valence electrons. The first kappa shape index (κ1) is 51.8. The first-order valence-corrected chi connectivity index (χ1v) is 24.2. The summed E-state index contributed by atoms with van der Waals surface area (Å²) in [7, 11) is 0. The van der Waals surface area contributed by atoms with Crippen LogP contribution >= 0.6 is 11.8 Å². The normalized spacial score (nSPS) is 19.9. The average Bonchev–Trinajstić information content (AvgIpc) is 3.75. The molecule has 3 aliphatic rings. The van der Waals surface area contributed by atoms with Crippen molar-refractivity contribution in [1.29, 1.82) is 5.41 Å². The highest BCUT2D eigenvalue weighted by Crippen LogP contribution is 2.37. The molecule has 5 rings (SSSR count). The Morgan fingerprint density at radius 1 is 0.703 bits per heavy atom. The van der Waals surface area contributed by atoms with Crippen LogP contribution < -0.4 is 20.1 Å². The standard InChI is InChI=1S/C37H51NO10.C13H20N2S/c1-3-34(39)43-19-5-7-21-45-36(41)29-13-9-27(10-14-29)25-47-32-17-18-33(31(23-32)24-38)48-26-28-11-15-30(16-12-28)37(42)46-22-8-6-20-44-35(40)4-2;1-2-3-4-7-10-14-13-15-11-8-5-6-9-12(11)16-13/h3-4,17-18,23-24,27-30,38H,1-2,5-16,19-22,25-26H2;5-6,8-9,13-15H,2-4,7,10H2,1H3. The van der Waals surface area contributed by atoms with Crippen LogP contribution in [0.1, 0.15) is 115 Å². The molecule has 0 spiro atoms. The van der Waals surface area contributed by atoms with Crippen LogP contribution in [0.2, 0.25) is 0 Å². The molecule has 1 heterocycles. The Bertz CT molecular complexity index is 1730. The van der Waals surface area contributed by atoms with Crippen molar-refractivity contribution in [3.8, 4) is 11.5 Å². The Balaban J connectivity index is 0.000000466. The number of nitrogens with one attached hydrogen (secondary N) is 3. The Morgan fingerprint density at radius 2 is 1.25 bits per heavy atom. The lowest BCUT2D eigenvalue weighted by molar-refractivity contribution is -0.151. The van der Waals surface area contributed by atoms with Gasteiger partial charge in [0.1, 0.15) is 17.0 Å². The van der Waals surface area contributed by atoms with Crippen molar-refractivity contribution < 1.29 is 47.6 Å². The van der Waals surface area contributed by atoms with Crippen molar-refractivity contribution in [3.63, 3.8) is 0 Å². The summed E-state index contributed by atoms with van der Waals surface area (Å²) in [6.45, 7) is 12.3. The van der Waals surface area contributed by atoms with Crippen LogP contribution in [0.4, 0.5) is 5.69 Å². The summed E-state index contributed by atoms with van der Waals surface area (Å²) in [4.78, 5) is 48.3. The Kier molecular flexibility index (Phi) is 24.6. The van der Waals surface area contributed by atoms with Crippen LogP contribution in [0.25, 0.3) is 0 Å². The predicted molar refractivity (Wildman–Crippen MR) is 251 cm³/mol. The molecule has 0 saturated heterocycles. The van der Waals surface area contributed by atoms with Gasteiger partial charge in [-0.25, -0.2) is 9.59 Å². The molecule has 1 atom stereocenters. The van der Waals surface area contributed by atoms with Crippen molar-refractivity contribution in [2.45, 2.75) is 120 Å². The second-order valence-electron chi connectivity index (χ2n) is 16.5. The fraction of sp³-hybridized carbons (Fsp3) is 0.580. The molecule has 2 aliphatic carbocycles. The van der Waals surface area contributed by atoms with Crippen molar-refractivity contribution >= 4 is 47.5 Å².